The zero-order valence-corrected chi connectivity index (χ0v) is 13.9. The Morgan fingerprint density at radius 2 is 1.87 bits per heavy atom. The van der Waals surface area contributed by atoms with E-state index in [9.17, 15) is 14.4 Å². The summed E-state index contributed by atoms with van der Waals surface area (Å²) in [4.78, 5) is 35.4. The lowest BCUT2D eigenvalue weighted by Crippen LogP contribution is -2.24. The van der Waals surface area contributed by atoms with E-state index in [4.69, 9.17) is 0 Å². The molecular formula is C16H14BrN3O3. The fourth-order valence-corrected chi connectivity index (χ4v) is 2.39. The summed E-state index contributed by atoms with van der Waals surface area (Å²) < 4.78 is 2.05. The standard InChI is InChI=1S/C16H14BrN3O3/c1-3-14(21)18-12-6-4-10(5-7-12)15(22)19-13-8-11(17)9-20(2)16(13)23/h3-9H,1H2,2H3,(H,18,21)(H,19,22). The summed E-state index contributed by atoms with van der Waals surface area (Å²) >= 11 is 3.27. The lowest BCUT2D eigenvalue weighted by molar-refractivity contribution is -0.111. The molecule has 2 aromatic rings. The number of anilines is 2. The third kappa shape index (κ3) is 4.17. The van der Waals surface area contributed by atoms with E-state index in [1.165, 1.54) is 4.57 Å². The van der Waals surface area contributed by atoms with Crippen LogP contribution in [0.4, 0.5) is 11.4 Å². The van der Waals surface area contributed by atoms with Crippen LogP contribution in [0.3, 0.4) is 0 Å². The topological polar surface area (TPSA) is 80.2 Å². The van der Waals surface area contributed by atoms with E-state index in [0.29, 0.717) is 15.7 Å². The maximum absolute atomic E-state index is 12.2. The second kappa shape index (κ2) is 7.06. The fourth-order valence-electron chi connectivity index (χ4n) is 1.85. The molecule has 6 nitrogen and oxygen atoms in total. The summed E-state index contributed by atoms with van der Waals surface area (Å²) in [5.74, 6) is -0.748. The summed E-state index contributed by atoms with van der Waals surface area (Å²) in [6.07, 6.45) is 2.76. The largest absolute Gasteiger partial charge is 0.323 e. The molecule has 23 heavy (non-hydrogen) atoms. The van der Waals surface area contributed by atoms with Crippen molar-refractivity contribution in [1.29, 1.82) is 0 Å². The first-order valence-electron chi connectivity index (χ1n) is 6.61. The quantitative estimate of drug-likeness (QED) is 0.805. The Kier molecular flexibility index (Phi) is 5.13. The SMILES string of the molecule is C=CC(=O)Nc1ccc(C(=O)Nc2cc(Br)cn(C)c2=O)cc1. The van der Waals surface area contributed by atoms with E-state index in [0.717, 1.165) is 6.08 Å². The van der Waals surface area contributed by atoms with Crippen molar-refractivity contribution in [3.63, 3.8) is 0 Å². The number of carbonyl (C=O) groups is 2. The van der Waals surface area contributed by atoms with E-state index in [1.807, 2.05) is 0 Å². The van der Waals surface area contributed by atoms with Crippen LogP contribution >= 0.6 is 15.9 Å². The van der Waals surface area contributed by atoms with Gasteiger partial charge in [-0.3, -0.25) is 14.4 Å². The van der Waals surface area contributed by atoms with Crippen molar-refractivity contribution in [3.8, 4) is 0 Å². The first-order valence-corrected chi connectivity index (χ1v) is 7.41. The summed E-state index contributed by atoms with van der Waals surface area (Å²) in [5, 5.41) is 5.16. The number of carbonyl (C=O) groups excluding carboxylic acids is 2. The van der Waals surface area contributed by atoms with Crippen LogP contribution < -0.4 is 16.2 Å². The number of rotatable bonds is 4. The third-order valence-corrected chi connectivity index (χ3v) is 3.43. The highest BCUT2D eigenvalue weighted by Gasteiger charge is 2.10. The van der Waals surface area contributed by atoms with Crippen molar-refractivity contribution in [2.45, 2.75) is 0 Å². The second-order valence-electron chi connectivity index (χ2n) is 4.71. The summed E-state index contributed by atoms with van der Waals surface area (Å²) in [7, 11) is 1.60. The normalized spacial score (nSPS) is 10.0. The average Bonchev–Trinajstić information content (AvgIpc) is 2.52. The molecule has 0 bridgehead atoms. The number of benzene rings is 1. The van der Waals surface area contributed by atoms with Crippen molar-refractivity contribution < 1.29 is 9.59 Å². The van der Waals surface area contributed by atoms with Gasteiger partial charge in [0.15, 0.2) is 0 Å². The van der Waals surface area contributed by atoms with Crippen LogP contribution in [-0.4, -0.2) is 16.4 Å². The highest BCUT2D eigenvalue weighted by molar-refractivity contribution is 9.10. The van der Waals surface area contributed by atoms with Crippen LogP contribution in [0.15, 0.2) is 58.5 Å². The van der Waals surface area contributed by atoms with Gasteiger partial charge in [-0.2, -0.15) is 0 Å². The van der Waals surface area contributed by atoms with E-state index in [2.05, 4.69) is 33.1 Å². The molecular weight excluding hydrogens is 362 g/mol. The molecule has 1 heterocycles. The Balaban J connectivity index is 2.17. The molecule has 1 aromatic heterocycles. The number of aromatic nitrogens is 1. The minimum Gasteiger partial charge on any atom is -0.323 e. The van der Waals surface area contributed by atoms with Crippen LogP contribution in [0.1, 0.15) is 10.4 Å². The number of aryl methyl sites for hydroxylation is 1. The smallest absolute Gasteiger partial charge is 0.274 e. The van der Waals surface area contributed by atoms with Crippen LogP contribution in [0, 0.1) is 0 Å². The molecule has 2 N–H and O–H groups in total. The summed E-state index contributed by atoms with van der Waals surface area (Å²) in [6.45, 7) is 3.36. The molecule has 0 aliphatic carbocycles. The van der Waals surface area contributed by atoms with Gasteiger partial charge in [0, 0.05) is 29.0 Å². The minimum atomic E-state index is -0.415. The van der Waals surface area contributed by atoms with Gasteiger partial charge in [-0.1, -0.05) is 6.58 Å². The van der Waals surface area contributed by atoms with Crippen LogP contribution in [0.25, 0.3) is 0 Å². The number of pyridine rings is 1. The maximum Gasteiger partial charge on any atom is 0.274 e. The number of hydrogen-bond donors (Lipinski definition) is 2. The van der Waals surface area contributed by atoms with E-state index in [1.54, 1.807) is 43.6 Å². The number of hydrogen-bond acceptors (Lipinski definition) is 3. The highest BCUT2D eigenvalue weighted by Crippen LogP contribution is 2.14. The number of amides is 2. The molecule has 0 saturated heterocycles. The van der Waals surface area contributed by atoms with Gasteiger partial charge in [0.25, 0.3) is 11.5 Å². The van der Waals surface area contributed by atoms with E-state index in [-0.39, 0.29) is 17.2 Å². The molecule has 2 amide bonds. The molecule has 0 aliphatic rings. The molecule has 7 heteroatoms. The molecule has 0 saturated carbocycles. The zero-order valence-electron chi connectivity index (χ0n) is 12.3. The van der Waals surface area contributed by atoms with Gasteiger partial charge >= 0.3 is 0 Å². The number of nitrogens with one attached hydrogen (secondary N) is 2. The van der Waals surface area contributed by atoms with Crippen LogP contribution in [0.2, 0.25) is 0 Å². The number of nitrogens with zero attached hydrogens (tertiary/aromatic N) is 1. The lowest BCUT2D eigenvalue weighted by Gasteiger charge is -2.08. The minimum absolute atomic E-state index is 0.177. The summed E-state index contributed by atoms with van der Waals surface area (Å²) in [6, 6.07) is 7.83. The molecule has 0 spiro atoms. The first-order chi connectivity index (χ1) is 10.9. The average molecular weight is 376 g/mol. The Bertz CT molecular complexity index is 825. The van der Waals surface area contributed by atoms with Gasteiger partial charge in [-0.05, 0) is 52.3 Å². The van der Waals surface area contributed by atoms with Crippen molar-refractivity contribution in [2.75, 3.05) is 10.6 Å². The van der Waals surface area contributed by atoms with E-state index >= 15 is 0 Å². The fraction of sp³-hybridized carbons (Fsp3) is 0.0625. The molecule has 0 fully saturated rings. The number of halogens is 1. The zero-order chi connectivity index (χ0) is 17.0. The van der Waals surface area contributed by atoms with Gasteiger partial charge in [0.2, 0.25) is 5.91 Å². The summed E-state index contributed by atoms with van der Waals surface area (Å²) in [5.41, 5.74) is 0.778. The van der Waals surface area contributed by atoms with Crippen molar-refractivity contribution in [1.82, 2.24) is 4.57 Å². The van der Waals surface area contributed by atoms with Crippen molar-refractivity contribution >= 4 is 39.1 Å². The van der Waals surface area contributed by atoms with Crippen LogP contribution in [-0.2, 0) is 11.8 Å². The molecule has 0 atom stereocenters. The van der Waals surface area contributed by atoms with Crippen molar-refractivity contribution in [3.05, 3.63) is 69.6 Å². The Labute approximate surface area is 141 Å². The van der Waals surface area contributed by atoms with Gasteiger partial charge < -0.3 is 15.2 Å². The molecule has 1 aromatic carbocycles. The molecule has 0 radical (unpaired) electrons. The lowest BCUT2D eigenvalue weighted by atomic mass is 10.2. The van der Waals surface area contributed by atoms with Crippen molar-refractivity contribution in [2.24, 2.45) is 7.05 Å². The highest BCUT2D eigenvalue weighted by atomic mass is 79.9. The molecule has 0 aliphatic heterocycles. The van der Waals surface area contributed by atoms with Gasteiger partial charge in [-0.15, -0.1) is 0 Å². The first kappa shape index (κ1) is 16.7. The van der Waals surface area contributed by atoms with Gasteiger partial charge in [-0.25, -0.2) is 0 Å². The molecule has 0 unspecified atom stereocenters. The second-order valence-corrected chi connectivity index (χ2v) is 5.63. The molecule has 118 valence electrons. The van der Waals surface area contributed by atoms with Gasteiger partial charge in [0.1, 0.15) is 5.69 Å². The van der Waals surface area contributed by atoms with Gasteiger partial charge in [0.05, 0.1) is 0 Å². The van der Waals surface area contributed by atoms with Crippen LogP contribution in [0.5, 0.6) is 0 Å². The van der Waals surface area contributed by atoms with E-state index < -0.39 is 5.91 Å². The predicted octanol–water partition coefficient (Wildman–Crippen LogP) is 2.52. The monoisotopic (exact) mass is 375 g/mol. The Hall–Kier alpha value is -2.67. The Morgan fingerprint density at radius 3 is 2.48 bits per heavy atom. The predicted molar refractivity (Wildman–Crippen MR) is 92.6 cm³/mol. The third-order valence-electron chi connectivity index (χ3n) is 3.00. The maximum atomic E-state index is 12.2. The Morgan fingerprint density at radius 1 is 1.22 bits per heavy atom. The molecule has 2 rings (SSSR count).